The van der Waals surface area contributed by atoms with Crippen molar-refractivity contribution in [2.24, 2.45) is 0 Å². The number of hydrogen-bond donors (Lipinski definition) is 1. The first-order valence-electron chi connectivity index (χ1n) is 8.82. The molecule has 0 radical (unpaired) electrons. The summed E-state index contributed by atoms with van der Waals surface area (Å²) in [5.41, 5.74) is 2.47. The Bertz CT molecular complexity index is 1170. The molecule has 0 fully saturated rings. The minimum absolute atomic E-state index is 0.332. The Balaban J connectivity index is 1.61. The molecule has 0 aliphatic heterocycles. The van der Waals surface area contributed by atoms with Crippen LogP contribution in [0.15, 0.2) is 65.3 Å². The maximum atomic E-state index is 13.0. The Morgan fingerprint density at radius 3 is 2.69 bits per heavy atom. The van der Waals surface area contributed by atoms with E-state index in [4.69, 9.17) is 27.7 Å². The summed E-state index contributed by atoms with van der Waals surface area (Å²) >= 11 is 12.4. The molecule has 0 atom stereocenters. The minimum atomic E-state index is -0.332. The van der Waals surface area contributed by atoms with Gasteiger partial charge in [0.05, 0.1) is 22.8 Å². The van der Waals surface area contributed by atoms with E-state index in [1.807, 2.05) is 42.5 Å². The third-order valence-corrected chi connectivity index (χ3v) is 5.30. The molecule has 8 heteroatoms. The first-order valence-corrected chi connectivity index (χ1v) is 9.58. The molecule has 0 unspecified atom stereocenters. The molecule has 2 heterocycles. The third-order valence-electron chi connectivity index (χ3n) is 4.45. The van der Waals surface area contributed by atoms with Crippen molar-refractivity contribution < 1.29 is 9.32 Å². The van der Waals surface area contributed by atoms with Gasteiger partial charge in [-0.1, -0.05) is 70.8 Å². The van der Waals surface area contributed by atoms with Crippen LogP contribution in [0.3, 0.4) is 0 Å². The largest absolute Gasteiger partial charge is 0.360 e. The zero-order valence-corrected chi connectivity index (χ0v) is 16.9. The summed E-state index contributed by atoms with van der Waals surface area (Å²) in [5, 5.41) is 12.2. The quantitative estimate of drug-likeness (QED) is 0.460. The average Bonchev–Trinajstić information content (AvgIpc) is 3.32. The number of benzene rings is 2. The molecular formula is C21H16Cl2N4O2. The fraction of sp³-hybridized carbons (Fsp3) is 0.0952. The third kappa shape index (κ3) is 3.90. The molecule has 0 spiro atoms. The second-order valence-corrected chi connectivity index (χ2v) is 7.15. The predicted octanol–water partition coefficient (Wildman–Crippen LogP) is 5.45. The van der Waals surface area contributed by atoms with Crippen LogP contribution in [0.1, 0.15) is 21.7 Å². The highest BCUT2D eigenvalue weighted by Crippen LogP contribution is 2.28. The number of aryl methyl sites for hydroxylation is 1. The molecule has 0 aliphatic carbocycles. The number of amides is 1. The van der Waals surface area contributed by atoms with Crippen molar-refractivity contribution in [3.63, 3.8) is 0 Å². The fourth-order valence-electron chi connectivity index (χ4n) is 3.01. The van der Waals surface area contributed by atoms with E-state index in [0.717, 1.165) is 11.1 Å². The van der Waals surface area contributed by atoms with Crippen LogP contribution in [0, 0.1) is 6.92 Å². The SMILES string of the molecule is Cc1onc(-c2ccccc2)c1C(=O)Nc1ccnn1Cc1cccc(Cl)c1Cl. The lowest BCUT2D eigenvalue weighted by molar-refractivity contribution is 0.102. The van der Waals surface area contributed by atoms with E-state index in [9.17, 15) is 4.79 Å². The van der Waals surface area contributed by atoms with Gasteiger partial charge < -0.3 is 9.84 Å². The molecule has 0 bridgehead atoms. The zero-order valence-electron chi connectivity index (χ0n) is 15.4. The Morgan fingerprint density at radius 1 is 1.10 bits per heavy atom. The summed E-state index contributed by atoms with van der Waals surface area (Å²) in [6.45, 7) is 2.06. The standard InChI is InChI=1S/C21H16Cl2N4O2/c1-13-18(20(26-29-13)14-6-3-2-4-7-14)21(28)25-17-10-11-24-27(17)12-15-8-5-9-16(22)19(15)23/h2-11H,12H2,1H3,(H,25,28). The molecule has 1 amide bonds. The number of hydrogen-bond acceptors (Lipinski definition) is 4. The van der Waals surface area contributed by atoms with Gasteiger partial charge in [-0.15, -0.1) is 0 Å². The number of aromatic nitrogens is 3. The maximum absolute atomic E-state index is 13.0. The van der Waals surface area contributed by atoms with E-state index in [1.165, 1.54) is 0 Å². The predicted molar refractivity (Wildman–Crippen MR) is 112 cm³/mol. The van der Waals surface area contributed by atoms with E-state index in [2.05, 4.69) is 15.6 Å². The Kier molecular flexibility index (Phi) is 5.38. The van der Waals surface area contributed by atoms with Gasteiger partial charge in [-0.3, -0.25) is 4.79 Å². The molecule has 6 nitrogen and oxygen atoms in total. The molecule has 2 aromatic heterocycles. The lowest BCUT2D eigenvalue weighted by atomic mass is 10.1. The molecule has 29 heavy (non-hydrogen) atoms. The topological polar surface area (TPSA) is 73.0 Å². The molecule has 4 aromatic rings. The van der Waals surface area contributed by atoms with Gasteiger partial charge >= 0.3 is 0 Å². The van der Waals surface area contributed by atoms with E-state index in [-0.39, 0.29) is 5.91 Å². The van der Waals surface area contributed by atoms with Crippen molar-refractivity contribution in [3.05, 3.63) is 87.7 Å². The highest BCUT2D eigenvalue weighted by molar-refractivity contribution is 6.42. The van der Waals surface area contributed by atoms with Crippen LogP contribution < -0.4 is 5.32 Å². The summed E-state index contributed by atoms with van der Waals surface area (Å²) in [6.07, 6.45) is 1.60. The zero-order chi connectivity index (χ0) is 20.4. The Labute approximate surface area is 177 Å². The number of rotatable bonds is 5. The monoisotopic (exact) mass is 426 g/mol. The highest BCUT2D eigenvalue weighted by Gasteiger charge is 2.22. The smallest absolute Gasteiger partial charge is 0.262 e. The summed E-state index contributed by atoms with van der Waals surface area (Å²) in [4.78, 5) is 13.0. The van der Waals surface area contributed by atoms with Gasteiger partial charge in [-0.25, -0.2) is 4.68 Å². The Morgan fingerprint density at radius 2 is 1.90 bits per heavy atom. The highest BCUT2D eigenvalue weighted by atomic mass is 35.5. The number of halogens is 2. The van der Waals surface area contributed by atoms with Crippen molar-refractivity contribution in [3.8, 4) is 11.3 Å². The van der Waals surface area contributed by atoms with Crippen molar-refractivity contribution in [1.82, 2.24) is 14.9 Å². The van der Waals surface area contributed by atoms with Crippen LogP contribution in [-0.2, 0) is 6.54 Å². The minimum Gasteiger partial charge on any atom is -0.360 e. The van der Waals surface area contributed by atoms with Gasteiger partial charge in [-0.2, -0.15) is 5.10 Å². The van der Waals surface area contributed by atoms with Crippen LogP contribution in [-0.4, -0.2) is 20.8 Å². The van der Waals surface area contributed by atoms with Gasteiger partial charge in [0.15, 0.2) is 0 Å². The van der Waals surface area contributed by atoms with Crippen LogP contribution in [0.2, 0.25) is 10.0 Å². The van der Waals surface area contributed by atoms with Gasteiger partial charge in [0, 0.05) is 11.6 Å². The molecule has 0 saturated heterocycles. The summed E-state index contributed by atoms with van der Waals surface area (Å²) in [5.74, 6) is 0.623. The fourth-order valence-corrected chi connectivity index (χ4v) is 3.39. The summed E-state index contributed by atoms with van der Waals surface area (Å²) in [7, 11) is 0. The number of carbonyl (C=O) groups is 1. The van der Waals surface area contributed by atoms with Crippen molar-refractivity contribution in [1.29, 1.82) is 0 Å². The number of nitrogens with zero attached hydrogens (tertiary/aromatic N) is 3. The lowest BCUT2D eigenvalue weighted by Gasteiger charge is -2.11. The van der Waals surface area contributed by atoms with Crippen LogP contribution in [0.25, 0.3) is 11.3 Å². The normalized spacial score (nSPS) is 10.9. The van der Waals surface area contributed by atoms with Gasteiger partial charge in [0.2, 0.25) is 0 Å². The summed E-state index contributed by atoms with van der Waals surface area (Å²) < 4.78 is 6.92. The molecule has 0 saturated carbocycles. The first-order chi connectivity index (χ1) is 14.0. The van der Waals surface area contributed by atoms with Gasteiger partial charge in [-0.05, 0) is 18.6 Å². The van der Waals surface area contributed by atoms with Crippen LogP contribution in [0.4, 0.5) is 5.82 Å². The van der Waals surface area contributed by atoms with Crippen molar-refractivity contribution in [2.45, 2.75) is 13.5 Å². The lowest BCUT2D eigenvalue weighted by Crippen LogP contribution is -2.17. The van der Waals surface area contributed by atoms with E-state index < -0.39 is 0 Å². The molecule has 0 aliphatic rings. The van der Waals surface area contributed by atoms with Gasteiger partial charge in [0.1, 0.15) is 22.8 Å². The molecule has 2 aromatic carbocycles. The van der Waals surface area contributed by atoms with Crippen molar-refractivity contribution in [2.75, 3.05) is 5.32 Å². The van der Waals surface area contributed by atoms with E-state index >= 15 is 0 Å². The average molecular weight is 427 g/mol. The van der Waals surface area contributed by atoms with Crippen LogP contribution in [0.5, 0.6) is 0 Å². The van der Waals surface area contributed by atoms with E-state index in [0.29, 0.717) is 39.4 Å². The second-order valence-electron chi connectivity index (χ2n) is 6.37. The number of carbonyl (C=O) groups excluding carboxylic acids is 1. The molecule has 1 N–H and O–H groups in total. The number of anilines is 1. The van der Waals surface area contributed by atoms with Gasteiger partial charge in [0.25, 0.3) is 5.91 Å². The van der Waals surface area contributed by atoms with E-state index in [1.54, 1.807) is 29.9 Å². The first kappa shape index (κ1) is 19.2. The van der Waals surface area contributed by atoms with Crippen molar-refractivity contribution >= 4 is 34.9 Å². The molecule has 4 rings (SSSR count). The summed E-state index contributed by atoms with van der Waals surface area (Å²) in [6, 6.07) is 16.5. The molecule has 146 valence electrons. The molecular weight excluding hydrogens is 411 g/mol. The number of nitrogens with one attached hydrogen (secondary N) is 1. The van der Waals surface area contributed by atoms with Crippen LogP contribution >= 0.6 is 23.2 Å². The second kappa shape index (κ2) is 8.11. The maximum Gasteiger partial charge on any atom is 0.262 e. The Hall–Kier alpha value is -3.09.